The zero-order chi connectivity index (χ0) is 13.6. The van der Waals surface area contributed by atoms with E-state index in [0.717, 1.165) is 12.1 Å². The molecule has 0 aromatic heterocycles. The van der Waals surface area contributed by atoms with Gasteiger partial charge in [0.1, 0.15) is 0 Å². The molecule has 1 N–H and O–H groups in total. The van der Waals surface area contributed by atoms with Gasteiger partial charge in [-0.25, -0.2) is 0 Å². The third-order valence-electron chi connectivity index (χ3n) is 2.23. The number of hydrogen-bond acceptors (Lipinski definition) is 2. The average Bonchev–Trinajstić information content (AvgIpc) is 2.33. The number of nitrogens with one attached hydrogen (secondary N) is 1. The maximum Gasteiger partial charge on any atom is 0.416 e. The van der Waals surface area contributed by atoms with Crippen LogP contribution in [0.5, 0.6) is 0 Å². The Morgan fingerprint density at radius 3 is 2.67 bits per heavy atom. The summed E-state index contributed by atoms with van der Waals surface area (Å²) in [6, 6.07) is 2.96. The second-order valence-electron chi connectivity index (χ2n) is 3.57. The molecule has 1 aromatic carbocycles. The van der Waals surface area contributed by atoms with Crippen molar-refractivity contribution in [2.24, 2.45) is 0 Å². The summed E-state index contributed by atoms with van der Waals surface area (Å²) in [5.41, 5.74) is -0.568. The molecule has 0 bridgehead atoms. The number of benzene rings is 1. The van der Waals surface area contributed by atoms with E-state index in [0.29, 0.717) is 24.8 Å². The predicted octanol–water partition coefficient (Wildman–Crippen LogP) is 2.48. The summed E-state index contributed by atoms with van der Waals surface area (Å²) in [6.45, 7) is 0.685. The second kappa shape index (κ2) is 6.22. The van der Waals surface area contributed by atoms with Crippen molar-refractivity contribution >= 4 is 6.29 Å². The van der Waals surface area contributed by atoms with Crippen molar-refractivity contribution in [2.75, 3.05) is 13.6 Å². The highest BCUT2D eigenvalue weighted by Crippen LogP contribution is 2.30. The number of rotatable bonds is 3. The number of halogens is 3. The van der Waals surface area contributed by atoms with E-state index in [-0.39, 0.29) is 5.56 Å². The van der Waals surface area contributed by atoms with Crippen LogP contribution in [-0.2, 0) is 6.18 Å². The summed E-state index contributed by atoms with van der Waals surface area (Å²) >= 11 is 0. The minimum atomic E-state index is -4.45. The molecule has 0 saturated carbocycles. The monoisotopic (exact) mass is 255 g/mol. The molecule has 0 amide bonds. The molecule has 18 heavy (non-hydrogen) atoms. The van der Waals surface area contributed by atoms with Crippen LogP contribution in [-0.4, -0.2) is 19.9 Å². The molecule has 0 spiro atoms. The fourth-order valence-corrected chi connectivity index (χ4v) is 1.30. The van der Waals surface area contributed by atoms with Gasteiger partial charge in [-0.15, -0.1) is 0 Å². The molecule has 0 aliphatic carbocycles. The van der Waals surface area contributed by atoms with Gasteiger partial charge in [0.25, 0.3) is 0 Å². The maximum absolute atomic E-state index is 12.4. The summed E-state index contributed by atoms with van der Waals surface area (Å²) in [4.78, 5) is 10.7. The molecule has 0 aliphatic heterocycles. The van der Waals surface area contributed by atoms with E-state index in [9.17, 15) is 18.0 Å². The lowest BCUT2D eigenvalue weighted by Gasteiger charge is -2.07. The van der Waals surface area contributed by atoms with Crippen LogP contribution in [0.15, 0.2) is 18.2 Å². The minimum Gasteiger partial charge on any atom is -0.319 e. The second-order valence-corrected chi connectivity index (χ2v) is 3.57. The molecule has 0 fully saturated rings. The Bertz CT molecular complexity index is 483. The number of carbonyl (C=O) groups is 1. The topological polar surface area (TPSA) is 29.1 Å². The molecular formula is C13H12F3NO. The minimum absolute atomic E-state index is 0.0400. The van der Waals surface area contributed by atoms with E-state index in [1.54, 1.807) is 7.05 Å². The van der Waals surface area contributed by atoms with Gasteiger partial charge in [-0.1, -0.05) is 11.8 Å². The summed E-state index contributed by atoms with van der Waals surface area (Å²) in [7, 11) is 1.77. The van der Waals surface area contributed by atoms with Crippen LogP contribution in [0.4, 0.5) is 13.2 Å². The van der Waals surface area contributed by atoms with Crippen molar-refractivity contribution in [1.29, 1.82) is 0 Å². The Kier molecular flexibility index (Phi) is 4.93. The molecule has 0 unspecified atom stereocenters. The quantitative estimate of drug-likeness (QED) is 0.510. The van der Waals surface area contributed by atoms with Gasteiger partial charge in [-0.3, -0.25) is 4.79 Å². The van der Waals surface area contributed by atoms with E-state index in [4.69, 9.17) is 0 Å². The van der Waals surface area contributed by atoms with Crippen LogP contribution < -0.4 is 5.32 Å². The largest absolute Gasteiger partial charge is 0.416 e. The maximum atomic E-state index is 12.4. The fourth-order valence-electron chi connectivity index (χ4n) is 1.30. The SMILES string of the molecule is CNCCC#Cc1ccc(C(F)(F)F)cc1C=O. The van der Waals surface area contributed by atoms with Gasteiger partial charge in [-0.2, -0.15) is 13.2 Å². The van der Waals surface area contributed by atoms with Crippen LogP contribution in [0.1, 0.15) is 27.9 Å². The van der Waals surface area contributed by atoms with E-state index >= 15 is 0 Å². The highest BCUT2D eigenvalue weighted by molar-refractivity contribution is 5.79. The first-order chi connectivity index (χ1) is 8.49. The van der Waals surface area contributed by atoms with E-state index in [1.165, 1.54) is 6.07 Å². The summed E-state index contributed by atoms with van der Waals surface area (Å²) in [6.07, 6.45) is -3.50. The molecule has 1 rings (SSSR count). The number of hydrogen-bond donors (Lipinski definition) is 1. The van der Waals surface area contributed by atoms with Crippen LogP contribution in [0.2, 0.25) is 0 Å². The lowest BCUT2D eigenvalue weighted by molar-refractivity contribution is -0.137. The Labute approximate surface area is 103 Å². The van der Waals surface area contributed by atoms with Crippen molar-refractivity contribution in [3.8, 4) is 11.8 Å². The molecule has 0 atom stereocenters. The standard InChI is InChI=1S/C13H12F3NO/c1-17-7-3-2-4-10-5-6-12(13(14,15)16)8-11(10)9-18/h5-6,8-9,17H,3,7H2,1H3. The zero-order valence-electron chi connectivity index (χ0n) is 9.77. The van der Waals surface area contributed by atoms with Gasteiger partial charge in [0.05, 0.1) is 5.56 Å². The smallest absolute Gasteiger partial charge is 0.319 e. The fraction of sp³-hybridized carbons (Fsp3) is 0.308. The first kappa shape index (κ1) is 14.3. The highest BCUT2D eigenvalue weighted by atomic mass is 19.4. The summed E-state index contributed by atoms with van der Waals surface area (Å²) in [5, 5.41) is 2.89. The van der Waals surface area contributed by atoms with Crippen LogP contribution in [0.3, 0.4) is 0 Å². The van der Waals surface area contributed by atoms with Gasteiger partial charge in [0.2, 0.25) is 0 Å². The van der Waals surface area contributed by atoms with Crippen LogP contribution in [0, 0.1) is 11.8 Å². The molecule has 1 aromatic rings. The number of aldehydes is 1. The first-order valence-electron chi connectivity index (χ1n) is 5.29. The Morgan fingerprint density at radius 1 is 1.39 bits per heavy atom. The van der Waals surface area contributed by atoms with Gasteiger partial charge in [-0.05, 0) is 25.2 Å². The zero-order valence-corrected chi connectivity index (χ0v) is 9.77. The van der Waals surface area contributed by atoms with Crippen molar-refractivity contribution in [1.82, 2.24) is 5.32 Å². The van der Waals surface area contributed by atoms with E-state index in [2.05, 4.69) is 17.2 Å². The van der Waals surface area contributed by atoms with Gasteiger partial charge < -0.3 is 5.32 Å². The molecule has 2 nitrogen and oxygen atoms in total. The number of carbonyl (C=O) groups excluding carboxylic acids is 1. The molecule has 0 saturated heterocycles. The summed E-state index contributed by atoms with van der Waals surface area (Å²) < 4.78 is 37.3. The molecule has 0 heterocycles. The van der Waals surface area contributed by atoms with Gasteiger partial charge >= 0.3 is 6.18 Å². The van der Waals surface area contributed by atoms with Crippen LogP contribution >= 0.6 is 0 Å². The molecular weight excluding hydrogens is 243 g/mol. The third kappa shape index (κ3) is 3.90. The van der Waals surface area contributed by atoms with Crippen LogP contribution in [0.25, 0.3) is 0 Å². The number of alkyl halides is 3. The summed E-state index contributed by atoms with van der Waals surface area (Å²) in [5.74, 6) is 5.47. The van der Waals surface area contributed by atoms with Crippen molar-refractivity contribution in [3.63, 3.8) is 0 Å². The van der Waals surface area contributed by atoms with Gasteiger partial charge in [0, 0.05) is 24.1 Å². The molecule has 0 aliphatic rings. The van der Waals surface area contributed by atoms with Crippen molar-refractivity contribution in [3.05, 3.63) is 34.9 Å². The van der Waals surface area contributed by atoms with E-state index < -0.39 is 11.7 Å². The van der Waals surface area contributed by atoms with Crippen molar-refractivity contribution < 1.29 is 18.0 Å². The molecule has 96 valence electrons. The lowest BCUT2D eigenvalue weighted by atomic mass is 10.0. The third-order valence-corrected chi connectivity index (χ3v) is 2.23. The Morgan fingerprint density at radius 2 is 2.11 bits per heavy atom. The molecule has 5 heteroatoms. The normalized spacial score (nSPS) is 10.7. The lowest BCUT2D eigenvalue weighted by Crippen LogP contribution is -2.06. The van der Waals surface area contributed by atoms with Crippen molar-refractivity contribution in [2.45, 2.75) is 12.6 Å². The van der Waals surface area contributed by atoms with E-state index in [1.807, 2.05) is 0 Å². The Hall–Kier alpha value is -1.80. The first-order valence-corrected chi connectivity index (χ1v) is 5.29. The Balaban J connectivity index is 3.00. The van der Waals surface area contributed by atoms with Gasteiger partial charge in [0.15, 0.2) is 6.29 Å². The predicted molar refractivity (Wildman–Crippen MR) is 62.3 cm³/mol. The molecule has 0 radical (unpaired) electrons. The highest BCUT2D eigenvalue weighted by Gasteiger charge is 2.30. The average molecular weight is 255 g/mol.